The molecule has 0 heterocycles. The SMILES string of the molecule is Cc1ccc(C(CN)N(C)Cc2ccc(Cl)cc2)c(Br)c1. The van der Waals surface area contributed by atoms with Gasteiger partial charge in [0.2, 0.25) is 0 Å². The van der Waals surface area contributed by atoms with E-state index in [2.05, 4.69) is 65.1 Å². The van der Waals surface area contributed by atoms with Crippen LogP contribution in [0.25, 0.3) is 0 Å². The van der Waals surface area contributed by atoms with E-state index in [1.165, 1.54) is 16.7 Å². The van der Waals surface area contributed by atoms with E-state index >= 15 is 0 Å². The summed E-state index contributed by atoms with van der Waals surface area (Å²) in [6, 6.07) is 14.5. The zero-order chi connectivity index (χ0) is 15.4. The molecule has 0 spiro atoms. The summed E-state index contributed by atoms with van der Waals surface area (Å²) in [5, 5.41) is 0.762. The molecule has 0 fully saturated rings. The van der Waals surface area contributed by atoms with Crippen LogP contribution in [0.3, 0.4) is 0 Å². The maximum atomic E-state index is 6.01. The third-order valence-electron chi connectivity index (χ3n) is 3.62. The van der Waals surface area contributed by atoms with Crippen molar-refractivity contribution in [3.8, 4) is 0 Å². The van der Waals surface area contributed by atoms with E-state index in [1.54, 1.807) is 0 Å². The molecule has 0 radical (unpaired) electrons. The van der Waals surface area contributed by atoms with Crippen LogP contribution in [0, 0.1) is 6.92 Å². The Bertz CT molecular complexity index is 598. The zero-order valence-electron chi connectivity index (χ0n) is 12.3. The zero-order valence-corrected chi connectivity index (χ0v) is 14.7. The number of benzene rings is 2. The molecule has 0 saturated carbocycles. The second kappa shape index (κ2) is 7.41. The summed E-state index contributed by atoms with van der Waals surface area (Å²) in [5.74, 6) is 0. The Hall–Kier alpha value is -0.870. The van der Waals surface area contributed by atoms with Crippen molar-refractivity contribution < 1.29 is 0 Å². The van der Waals surface area contributed by atoms with Gasteiger partial charge in [-0.2, -0.15) is 0 Å². The predicted molar refractivity (Wildman–Crippen MR) is 93.6 cm³/mol. The predicted octanol–water partition coefficient (Wildman–Crippen LogP) is 4.54. The molecular weight excluding hydrogens is 348 g/mol. The van der Waals surface area contributed by atoms with Gasteiger partial charge in [-0.3, -0.25) is 4.90 Å². The Morgan fingerprint density at radius 2 is 1.86 bits per heavy atom. The van der Waals surface area contributed by atoms with Crippen LogP contribution in [0.15, 0.2) is 46.9 Å². The van der Waals surface area contributed by atoms with E-state index < -0.39 is 0 Å². The Morgan fingerprint density at radius 3 is 2.43 bits per heavy atom. The lowest BCUT2D eigenvalue weighted by atomic mass is 10.0. The first kappa shape index (κ1) is 16.5. The van der Waals surface area contributed by atoms with Crippen molar-refractivity contribution in [2.75, 3.05) is 13.6 Å². The number of nitrogens with zero attached hydrogens (tertiary/aromatic N) is 1. The van der Waals surface area contributed by atoms with E-state index in [-0.39, 0.29) is 6.04 Å². The van der Waals surface area contributed by atoms with E-state index in [4.69, 9.17) is 17.3 Å². The summed E-state index contributed by atoms with van der Waals surface area (Å²) < 4.78 is 1.11. The lowest BCUT2D eigenvalue weighted by molar-refractivity contribution is 0.241. The second-order valence-corrected chi connectivity index (χ2v) is 6.61. The minimum atomic E-state index is 0.177. The molecule has 1 atom stereocenters. The Morgan fingerprint density at radius 1 is 1.19 bits per heavy atom. The average molecular weight is 368 g/mol. The number of hydrogen-bond acceptors (Lipinski definition) is 2. The quantitative estimate of drug-likeness (QED) is 0.840. The number of aryl methyl sites for hydroxylation is 1. The van der Waals surface area contributed by atoms with Gasteiger partial charge in [-0.15, -0.1) is 0 Å². The van der Waals surface area contributed by atoms with Gasteiger partial charge in [0.25, 0.3) is 0 Å². The molecule has 21 heavy (non-hydrogen) atoms. The number of hydrogen-bond donors (Lipinski definition) is 1. The van der Waals surface area contributed by atoms with Crippen molar-refractivity contribution in [2.45, 2.75) is 19.5 Å². The van der Waals surface area contributed by atoms with Crippen molar-refractivity contribution >= 4 is 27.5 Å². The van der Waals surface area contributed by atoms with Gasteiger partial charge in [-0.1, -0.05) is 51.8 Å². The highest BCUT2D eigenvalue weighted by Crippen LogP contribution is 2.28. The van der Waals surface area contributed by atoms with Gasteiger partial charge in [0.05, 0.1) is 0 Å². The van der Waals surface area contributed by atoms with Gasteiger partial charge in [0.1, 0.15) is 0 Å². The van der Waals surface area contributed by atoms with Crippen LogP contribution in [0.1, 0.15) is 22.7 Å². The third kappa shape index (κ3) is 4.30. The highest BCUT2D eigenvalue weighted by Gasteiger charge is 2.18. The summed E-state index contributed by atoms with van der Waals surface area (Å²) in [6.07, 6.45) is 0. The van der Waals surface area contributed by atoms with E-state index in [0.29, 0.717) is 6.54 Å². The minimum absolute atomic E-state index is 0.177. The summed E-state index contributed by atoms with van der Waals surface area (Å²) in [7, 11) is 2.10. The normalized spacial score (nSPS) is 12.7. The van der Waals surface area contributed by atoms with Gasteiger partial charge in [0, 0.05) is 28.6 Å². The molecule has 0 saturated heterocycles. The Balaban J connectivity index is 2.18. The molecular formula is C17H20BrClN2. The van der Waals surface area contributed by atoms with Gasteiger partial charge in [0.15, 0.2) is 0 Å². The fourth-order valence-corrected chi connectivity index (χ4v) is 3.32. The summed E-state index contributed by atoms with van der Waals surface area (Å²) in [5.41, 5.74) is 9.69. The number of rotatable bonds is 5. The summed E-state index contributed by atoms with van der Waals surface area (Å²) in [4.78, 5) is 2.26. The van der Waals surface area contributed by atoms with Crippen LogP contribution >= 0.6 is 27.5 Å². The van der Waals surface area contributed by atoms with Gasteiger partial charge < -0.3 is 5.73 Å². The lowest BCUT2D eigenvalue weighted by Crippen LogP contribution is -2.30. The average Bonchev–Trinajstić information content (AvgIpc) is 2.44. The van der Waals surface area contributed by atoms with Crippen LogP contribution < -0.4 is 5.73 Å². The van der Waals surface area contributed by atoms with Crippen LogP contribution in [-0.2, 0) is 6.54 Å². The highest BCUT2D eigenvalue weighted by molar-refractivity contribution is 9.10. The monoisotopic (exact) mass is 366 g/mol. The van der Waals surface area contributed by atoms with E-state index in [9.17, 15) is 0 Å². The minimum Gasteiger partial charge on any atom is -0.329 e. The van der Waals surface area contributed by atoms with Crippen LogP contribution in [0.5, 0.6) is 0 Å². The second-order valence-electron chi connectivity index (χ2n) is 5.32. The standard InChI is InChI=1S/C17H20BrClN2/c1-12-3-8-15(16(18)9-12)17(10-20)21(2)11-13-4-6-14(19)7-5-13/h3-9,17H,10-11,20H2,1-2H3. The molecule has 0 aliphatic rings. The molecule has 0 bridgehead atoms. The summed E-state index contributed by atoms with van der Waals surface area (Å²) in [6.45, 7) is 3.49. The van der Waals surface area contributed by atoms with Crippen molar-refractivity contribution in [3.05, 3.63) is 68.7 Å². The molecule has 0 amide bonds. The number of halogens is 2. The molecule has 2 aromatic carbocycles. The molecule has 0 aliphatic heterocycles. The highest BCUT2D eigenvalue weighted by atomic mass is 79.9. The van der Waals surface area contributed by atoms with E-state index in [0.717, 1.165) is 16.0 Å². The van der Waals surface area contributed by atoms with Crippen LogP contribution in [0.2, 0.25) is 5.02 Å². The topological polar surface area (TPSA) is 29.3 Å². The molecule has 1 unspecified atom stereocenters. The van der Waals surface area contributed by atoms with Crippen molar-refractivity contribution in [1.29, 1.82) is 0 Å². The largest absolute Gasteiger partial charge is 0.329 e. The fourth-order valence-electron chi connectivity index (χ4n) is 2.43. The van der Waals surface area contributed by atoms with Crippen molar-refractivity contribution in [2.24, 2.45) is 5.73 Å². The molecule has 0 aliphatic carbocycles. The first-order chi connectivity index (χ1) is 10.0. The van der Waals surface area contributed by atoms with Gasteiger partial charge in [-0.05, 0) is 48.9 Å². The maximum Gasteiger partial charge on any atom is 0.0482 e. The number of likely N-dealkylation sites (N-methyl/N-ethyl adjacent to an activating group) is 1. The van der Waals surface area contributed by atoms with Crippen molar-refractivity contribution in [1.82, 2.24) is 4.90 Å². The molecule has 0 aromatic heterocycles. The molecule has 2 rings (SSSR count). The molecule has 112 valence electrons. The Labute approximate surface area is 140 Å². The van der Waals surface area contributed by atoms with Gasteiger partial charge >= 0.3 is 0 Å². The molecule has 2 aromatic rings. The fraction of sp³-hybridized carbons (Fsp3) is 0.294. The number of nitrogens with two attached hydrogens (primary N) is 1. The Kier molecular flexibility index (Phi) is 5.82. The maximum absolute atomic E-state index is 6.01. The van der Waals surface area contributed by atoms with Gasteiger partial charge in [-0.25, -0.2) is 0 Å². The van der Waals surface area contributed by atoms with Crippen LogP contribution in [-0.4, -0.2) is 18.5 Å². The first-order valence-corrected chi connectivity index (χ1v) is 8.09. The molecule has 2 nitrogen and oxygen atoms in total. The smallest absolute Gasteiger partial charge is 0.0482 e. The molecule has 4 heteroatoms. The van der Waals surface area contributed by atoms with Crippen molar-refractivity contribution in [3.63, 3.8) is 0 Å². The lowest BCUT2D eigenvalue weighted by Gasteiger charge is -2.28. The molecule has 2 N–H and O–H groups in total. The van der Waals surface area contributed by atoms with E-state index in [1.807, 2.05) is 12.1 Å². The first-order valence-electron chi connectivity index (χ1n) is 6.92. The van der Waals surface area contributed by atoms with Crippen LogP contribution in [0.4, 0.5) is 0 Å². The third-order valence-corrected chi connectivity index (χ3v) is 4.55. The summed E-state index contributed by atoms with van der Waals surface area (Å²) >= 11 is 9.58.